The molecule has 0 aromatic heterocycles. The molecule has 0 aliphatic carbocycles. The van der Waals surface area contributed by atoms with E-state index in [4.69, 9.17) is 22.1 Å². The van der Waals surface area contributed by atoms with E-state index in [-0.39, 0.29) is 0 Å². The van der Waals surface area contributed by atoms with Gasteiger partial charge in [0.1, 0.15) is 11.7 Å². The number of amides is 1. The summed E-state index contributed by atoms with van der Waals surface area (Å²) in [7, 11) is 0. The highest BCUT2D eigenvalue weighted by Crippen LogP contribution is 2.29. The number of carbonyl (C=O) groups excluding carboxylic acids is 1. The van der Waals surface area contributed by atoms with Crippen LogP contribution in [0.1, 0.15) is 43.6 Å². The van der Waals surface area contributed by atoms with E-state index in [0.29, 0.717) is 28.4 Å². The molecule has 1 atom stereocenters. The Hall–Kier alpha value is -2.24. The Morgan fingerprint density at radius 3 is 2.68 bits per heavy atom. The van der Waals surface area contributed by atoms with Gasteiger partial charge in [-0.25, -0.2) is 4.79 Å². The zero-order chi connectivity index (χ0) is 18.6. The molecule has 1 amide bonds. The van der Waals surface area contributed by atoms with Crippen LogP contribution in [0.4, 0.5) is 10.5 Å². The van der Waals surface area contributed by atoms with Gasteiger partial charge in [-0.15, -0.1) is 0 Å². The fourth-order valence-electron chi connectivity index (χ4n) is 2.32. The van der Waals surface area contributed by atoms with Crippen LogP contribution < -0.4 is 11.1 Å². The van der Waals surface area contributed by atoms with Crippen molar-refractivity contribution in [3.8, 4) is 0 Å². The third-order valence-electron chi connectivity index (χ3n) is 3.45. The summed E-state index contributed by atoms with van der Waals surface area (Å²) >= 11 is 5.99. The molecule has 0 aliphatic rings. The lowest BCUT2D eigenvalue weighted by Gasteiger charge is -2.20. The van der Waals surface area contributed by atoms with E-state index in [1.807, 2.05) is 18.2 Å². The molecule has 6 heteroatoms. The van der Waals surface area contributed by atoms with Crippen molar-refractivity contribution in [2.24, 2.45) is 0 Å². The van der Waals surface area contributed by atoms with Crippen molar-refractivity contribution < 1.29 is 14.6 Å². The van der Waals surface area contributed by atoms with Gasteiger partial charge in [0.25, 0.3) is 0 Å². The predicted molar refractivity (Wildman–Crippen MR) is 99.4 cm³/mol. The molecule has 2 aromatic rings. The van der Waals surface area contributed by atoms with Crippen LogP contribution in [-0.4, -0.2) is 16.8 Å². The number of nitrogen functional groups attached to an aromatic ring is 1. The minimum absolute atomic E-state index is 0.292. The first-order chi connectivity index (χ1) is 11.7. The zero-order valence-corrected chi connectivity index (χ0v) is 15.3. The highest BCUT2D eigenvalue weighted by atomic mass is 35.5. The predicted octanol–water partition coefficient (Wildman–Crippen LogP) is 4.03. The Bertz CT molecular complexity index is 757. The number of halogens is 1. The second-order valence-corrected chi connectivity index (χ2v) is 7.21. The van der Waals surface area contributed by atoms with Crippen LogP contribution >= 0.6 is 11.6 Å². The van der Waals surface area contributed by atoms with E-state index in [2.05, 4.69) is 5.32 Å². The van der Waals surface area contributed by atoms with Gasteiger partial charge in [-0.05, 0) is 50.1 Å². The van der Waals surface area contributed by atoms with Crippen molar-refractivity contribution in [2.45, 2.75) is 39.0 Å². The van der Waals surface area contributed by atoms with E-state index in [0.717, 1.165) is 5.56 Å². The molecule has 1 unspecified atom stereocenters. The van der Waals surface area contributed by atoms with E-state index in [9.17, 15) is 9.90 Å². The number of carbonyl (C=O) groups is 1. The van der Waals surface area contributed by atoms with E-state index in [1.165, 1.54) is 0 Å². The number of nitrogens with one attached hydrogen (secondary N) is 1. The van der Waals surface area contributed by atoms with Crippen LogP contribution in [0.2, 0.25) is 5.02 Å². The maximum absolute atomic E-state index is 11.7. The maximum Gasteiger partial charge on any atom is 0.407 e. The van der Waals surface area contributed by atoms with Crippen molar-refractivity contribution in [1.82, 2.24) is 5.32 Å². The zero-order valence-electron chi connectivity index (χ0n) is 14.5. The summed E-state index contributed by atoms with van der Waals surface area (Å²) in [6, 6.07) is 12.3. The molecular weight excluding hydrogens is 340 g/mol. The van der Waals surface area contributed by atoms with Crippen LogP contribution in [0.25, 0.3) is 0 Å². The quantitative estimate of drug-likeness (QED) is 0.717. The summed E-state index contributed by atoms with van der Waals surface area (Å²) in [5, 5.41) is 13.8. The third-order valence-corrected chi connectivity index (χ3v) is 3.68. The minimum atomic E-state index is -0.903. The molecule has 0 bridgehead atoms. The molecule has 134 valence electrons. The molecule has 0 radical (unpaired) electrons. The lowest BCUT2D eigenvalue weighted by molar-refractivity contribution is 0.0523. The standard InChI is InChI=1S/C19H23ClN2O3/c1-19(2,3)25-18(24)22-11-12-5-4-6-13(9-12)17(23)15-10-14(20)7-8-16(15)21/h4-10,17,23H,11,21H2,1-3H3,(H,22,24). The maximum atomic E-state index is 11.7. The van der Waals surface area contributed by atoms with Crippen molar-refractivity contribution in [1.29, 1.82) is 0 Å². The first-order valence-electron chi connectivity index (χ1n) is 7.94. The summed E-state index contributed by atoms with van der Waals surface area (Å²) < 4.78 is 5.20. The van der Waals surface area contributed by atoms with Gasteiger partial charge in [-0.2, -0.15) is 0 Å². The molecule has 5 nitrogen and oxygen atoms in total. The van der Waals surface area contributed by atoms with Gasteiger partial charge in [0, 0.05) is 22.8 Å². The van der Waals surface area contributed by atoms with Crippen LogP contribution in [0.3, 0.4) is 0 Å². The Morgan fingerprint density at radius 2 is 2.00 bits per heavy atom. The van der Waals surface area contributed by atoms with Crippen LogP contribution in [0.5, 0.6) is 0 Å². The number of benzene rings is 2. The summed E-state index contributed by atoms with van der Waals surface area (Å²) in [5.74, 6) is 0. The molecule has 2 aromatic carbocycles. The van der Waals surface area contributed by atoms with E-state index >= 15 is 0 Å². The minimum Gasteiger partial charge on any atom is -0.444 e. The largest absolute Gasteiger partial charge is 0.444 e. The Balaban J connectivity index is 2.10. The summed E-state index contributed by atoms with van der Waals surface area (Å²) in [6.45, 7) is 5.71. The first-order valence-corrected chi connectivity index (χ1v) is 8.32. The van der Waals surface area contributed by atoms with Gasteiger partial charge in [0.2, 0.25) is 0 Å². The topological polar surface area (TPSA) is 84.6 Å². The molecule has 0 saturated heterocycles. The van der Waals surface area contributed by atoms with E-state index < -0.39 is 17.8 Å². The van der Waals surface area contributed by atoms with Crippen molar-refractivity contribution in [3.05, 3.63) is 64.2 Å². The second-order valence-electron chi connectivity index (χ2n) is 6.78. The first kappa shape index (κ1) is 19.1. The lowest BCUT2D eigenvalue weighted by atomic mass is 9.98. The van der Waals surface area contributed by atoms with Gasteiger partial charge < -0.3 is 20.9 Å². The summed E-state index contributed by atoms with van der Waals surface area (Å²) in [5.41, 5.74) is 7.89. The Morgan fingerprint density at radius 1 is 1.28 bits per heavy atom. The molecule has 0 fully saturated rings. The average molecular weight is 363 g/mol. The monoisotopic (exact) mass is 362 g/mol. The molecular formula is C19H23ClN2O3. The third kappa shape index (κ3) is 5.66. The SMILES string of the molecule is CC(C)(C)OC(=O)NCc1cccc(C(O)c2cc(Cl)ccc2N)c1. The van der Waals surface area contributed by atoms with Crippen molar-refractivity contribution >= 4 is 23.4 Å². The van der Waals surface area contributed by atoms with Gasteiger partial charge in [-0.3, -0.25) is 0 Å². The fourth-order valence-corrected chi connectivity index (χ4v) is 2.50. The van der Waals surface area contributed by atoms with Crippen LogP contribution in [-0.2, 0) is 11.3 Å². The van der Waals surface area contributed by atoms with Gasteiger partial charge in [0.05, 0.1) is 0 Å². The highest BCUT2D eigenvalue weighted by molar-refractivity contribution is 6.30. The molecule has 0 spiro atoms. The molecule has 0 aliphatic heterocycles. The number of alkyl carbamates (subject to hydrolysis) is 1. The average Bonchev–Trinajstić information content (AvgIpc) is 2.53. The van der Waals surface area contributed by atoms with Gasteiger partial charge in [0.15, 0.2) is 0 Å². The fraction of sp³-hybridized carbons (Fsp3) is 0.316. The molecule has 0 saturated carbocycles. The number of hydrogen-bond donors (Lipinski definition) is 3. The summed E-state index contributed by atoms with van der Waals surface area (Å²) in [6.07, 6.45) is -1.39. The number of anilines is 1. The van der Waals surface area contributed by atoms with Crippen molar-refractivity contribution in [3.63, 3.8) is 0 Å². The Labute approximate surface area is 152 Å². The number of ether oxygens (including phenoxy) is 1. The molecule has 0 heterocycles. The second kappa shape index (κ2) is 7.76. The summed E-state index contributed by atoms with van der Waals surface area (Å²) in [4.78, 5) is 11.7. The van der Waals surface area contributed by atoms with Gasteiger partial charge in [-0.1, -0.05) is 35.9 Å². The van der Waals surface area contributed by atoms with Crippen molar-refractivity contribution in [2.75, 3.05) is 5.73 Å². The molecule has 4 N–H and O–H groups in total. The smallest absolute Gasteiger partial charge is 0.407 e. The molecule has 2 rings (SSSR count). The highest BCUT2D eigenvalue weighted by Gasteiger charge is 2.17. The Kier molecular flexibility index (Phi) is 5.93. The van der Waals surface area contributed by atoms with E-state index in [1.54, 1.807) is 45.0 Å². The van der Waals surface area contributed by atoms with Crippen LogP contribution in [0.15, 0.2) is 42.5 Å². The molecule has 25 heavy (non-hydrogen) atoms. The normalized spacial score (nSPS) is 12.5. The number of aliphatic hydroxyl groups excluding tert-OH is 1. The number of nitrogens with two attached hydrogens (primary N) is 1. The number of hydrogen-bond acceptors (Lipinski definition) is 4. The number of aliphatic hydroxyl groups is 1. The van der Waals surface area contributed by atoms with Crippen LogP contribution in [0, 0.1) is 0 Å². The lowest BCUT2D eigenvalue weighted by Crippen LogP contribution is -2.32. The van der Waals surface area contributed by atoms with Gasteiger partial charge >= 0.3 is 6.09 Å². The number of rotatable bonds is 4.